The molecule has 2 amide bonds. The van der Waals surface area contributed by atoms with E-state index in [4.69, 9.17) is 4.74 Å². The molecular formula is C31H30N2O4. The zero-order valence-corrected chi connectivity index (χ0v) is 21.3. The Balaban J connectivity index is 1.69. The van der Waals surface area contributed by atoms with Crippen molar-refractivity contribution in [2.45, 2.75) is 33.1 Å². The number of rotatable bonds is 6. The van der Waals surface area contributed by atoms with Crippen molar-refractivity contribution in [3.63, 3.8) is 0 Å². The first-order valence-corrected chi connectivity index (χ1v) is 12.0. The van der Waals surface area contributed by atoms with E-state index in [1.165, 1.54) is 0 Å². The molecule has 0 aliphatic carbocycles. The number of urea groups is 1. The van der Waals surface area contributed by atoms with Crippen LogP contribution in [0, 0.1) is 6.92 Å². The van der Waals surface area contributed by atoms with Gasteiger partial charge >= 0.3 is 12.0 Å². The second-order valence-corrected chi connectivity index (χ2v) is 9.89. The molecule has 0 aliphatic rings. The molecule has 0 radical (unpaired) electrons. The van der Waals surface area contributed by atoms with Crippen LogP contribution in [0.2, 0.25) is 0 Å². The van der Waals surface area contributed by atoms with Gasteiger partial charge in [0.2, 0.25) is 0 Å². The van der Waals surface area contributed by atoms with E-state index in [0.717, 1.165) is 22.3 Å². The molecule has 0 heterocycles. The lowest BCUT2D eigenvalue weighted by molar-refractivity contribution is 0.0697. The van der Waals surface area contributed by atoms with Gasteiger partial charge in [0.25, 0.3) is 0 Å². The molecule has 6 heteroatoms. The van der Waals surface area contributed by atoms with Crippen molar-refractivity contribution in [3.8, 4) is 22.6 Å². The van der Waals surface area contributed by atoms with Gasteiger partial charge < -0.3 is 20.5 Å². The molecule has 6 nitrogen and oxygen atoms in total. The summed E-state index contributed by atoms with van der Waals surface area (Å²) in [5.74, 6) is 0.208. The molecule has 0 atom stereocenters. The molecule has 0 saturated carbocycles. The fourth-order valence-corrected chi connectivity index (χ4v) is 3.92. The first kappa shape index (κ1) is 25.5. The molecule has 0 aromatic heterocycles. The minimum atomic E-state index is -0.983. The molecule has 0 unspecified atom stereocenters. The Morgan fingerprint density at radius 3 is 2.05 bits per heavy atom. The number of aryl methyl sites for hydroxylation is 1. The van der Waals surface area contributed by atoms with Crippen LogP contribution in [0.5, 0.6) is 11.5 Å². The summed E-state index contributed by atoms with van der Waals surface area (Å²) in [4.78, 5) is 24.2. The second kappa shape index (κ2) is 10.6. The summed E-state index contributed by atoms with van der Waals surface area (Å²) in [6.07, 6.45) is 0. The third kappa shape index (κ3) is 6.35. The minimum absolute atomic E-state index is 0.140. The number of para-hydroxylation sites is 1. The number of ether oxygens (including phenoxy) is 1. The lowest BCUT2D eigenvalue weighted by Crippen LogP contribution is -2.20. The molecule has 0 spiro atoms. The fraction of sp³-hybridized carbons (Fsp3) is 0.161. The molecule has 0 aliphatic heterocycles. The summed E-state index contributed by atoms with van der Waals surface area (Å²) in [6, 6.07) is 27.1. The van der Waals surface area contributed by atoms with E-state index in [-0.39, 0.29) is 11.0 Å². The van der Waals surface area contributed by atoms with Crippen molar-refractivity contribution in [2.75, 3.05) is 10.6 Å². The van der Waals surface area contributed by atoms with Crippen molar-refractivity contribution >= 4 is 23.4 Å². The van der Waals surface area contributed by atoms with Crippen molar-refractivity contribution in [1.82, 2.24) is 0 Å². The molecule has 4 aromatic carbocycles. The zero-order valence-electron chi connectivity index (χ0n) is 21.3. The van der Waals surface area contributed by atoms with Gasteiger partial charge in [-0.05, 0) is 65.9 Å². The Morgan fingerprint density at radius 1 is 0.757 bits per heavy atom. The number of nitrogens with one attached hydrogen (secondary N) is 2. The molecule has 0 bridgehead atoms. The van der Waals surface area contributed by atoms with E-state index in [1.807, 2.05) is 67.6 Å². The van der Waals surface area contributed by atoms with E-state index < -0.39 is 12.0 Å². The van der Waals surface area contributed by atoms with Crippen molar-refractivity contribution in [1.29, 1.82) is 0 Å². The number of anilines is 2. The van der Waals surface area contributed by atoms with Crippen LogP contribution in [0.15, 0.2) is 91.0 Å². The number of carboxylic acids is 1. The van der Waals surface area contributed by atoms with E-state index in [1.54, 1.807) is 30.3 Å². The number of carboxylic acid groups (broad SMARTS) is 1. The van der Waals surface area contributed by atoms with E-state index in [9.17, 15) is 14.7 Å². The Labute approximate surface area is 216 Å². The lowest BCUT2D eigenvalue weighted by Gasteiger charge is -2.23. The number of carbonyl (C=O) groups excluding carboxylic acids is 1. The molecule has 4 rings (SSSR count). The minimum Gasteiger partial charge on any atom is -0.478 e. The Bertz CT molecular complexity index is 1420. The number of carbonyl (C=O) groups is 2. The van der Waals surface area contributed by atoms with Gasteiger partial charge in [-0.25, -0.2) is 9.59 Å². The number of amides is 2. The largest absolute Gasteiger partial charge is 0.478 e. The fourth-order valence-electron chi connectivity index (χ4n) is 3.92. The smallest absolute Gasteiger partial charge is 0.335 e. The third-order valence-electron chi connectivity index (χ3n) is 5.92. The molecular weight excluding hydrogens is 464 g/mol. The maximum Gasteiger partial charge on any atom is 0.335 e. The topological polar surface area (TPSA) is 87.7 Å². The van der Waals surface area contributed by atoms with Crippen LogP contribution in [0.25, 0.3) is 11.1 Å². The van der Waals surface area contributed by atoms with Crippen LogP contribution in [-0.2, 0) is 5.41 Å². The van der Waals surface area contributed by atoms with Crippen molar-refractivity contribution in [2.24, 2.45) is 0 Å². The van der Waals surface area contributed by atoms with Gasteiger partial charge in [0.1, 0.15) is 5.75 Å². The van der Waals surface area contributed by atoms with Gasteiger partial charge in [-0.15, -0.1) is 0 Å². The van der Waals surface area contributed by atoms with Crippen molar-refractivity contribution < 1.29 is 19.4 Å². The summed E-state index contributed by atoms with van der Waals surface area (Å²) in [5.41, 5.74) is 4.97. The van der Waals surface area contributed by atoms with Crippen LogP contribution in [-0.4, -0.2) is 17.1 Å². The van der Waals surface area contributed by atoms with Crippen LogP contribution in [0.1, 0.15) is 42.3 Å². The summed E-state index contributed by atoms with van der Waals surface area (Å²) in [7, 11) is 0. The van der Waals surface area contributed by atoms with Gasteiger partial charge in [0.05, 0.1) is 11.3 Å². The Hall–Kier alpha value is -4.58. The SMILES string of the molecule is Cc1ccc(NC(=O)Nc2cc(-c3ccc(C(=O)O)cc3)ccc2Oc2ccccc2C(C)(C)C)cc1. The van der Waals surface area contributed by atoms with Crippen molar-refractivity contribution in [3.05, 3.63) is 108 Å². The molecule has 3 N–H and O–H groups in total. The highest BCUT2D eigenvalue weighted by Crippen LogP contribution is 2.38. The molecule has 0 saturated heterocycles. The maximum atomic E-state index is 12.9. The average Bonchev–Trinajstić information content (AvgIpc) is 2.86. The highest BCUT2D eigenvalue weighted by Gasteiger charge is 2.20. The first-order valence-electron chi connectivity index (χ1n) is 12.0. The monoisotopic (exact) mass is 494 g/mol. The van der Waals surface area contributed by atoms with E-state index in [2.05, 4.69) is 31.4 Å². The molecule has 4 aromatic rings. The number of benzene rings is 4. The number of aromatic carboxylic acids is 1. The predicted molar refractivity (Wildman–Crippen MR) is 148 cm³/mol. The number of hydrogen-bond donors (Lipinski definition) is 3. The van der Waals surface area contributed by atoms with Gasteiger partial charge in [-0.3, -0.25) is 0 Å². The van der Waals surface area contributed by atoms with Crippen LogP contribution >= 0.6 is 0 Å². The Morgan fingerprint density at radius 2 is 1.41 bits per heavy atom. The van der Waals surface area contributed by atoms with E-state index >= 15 is 0 Å². The van der Waals surface area contributed by atoms with Gasteiger partial charge in [0.15, 0.2) is 5.75 Å². The lowest BCUT2D eigenvalue weighted by atomic mass is 9.86. The van der Waals surface area contributed by atoms with E-state index in [0.29, 0.717) is 22.9 Å². The molecule has 0 fully saturated rings. The quantitative estimate of drug-likeness (QED) is 0.253. The summed E-state index contributed by atoms with van der Waals surface area (Å²) in [5, 5.41) is 15.0. The number of hydrogen-bond acceptors (Lipinski definition) is 3. The van der Waals surface area contributed by atoms with Gasteiger partial charge in [-0.1, -0.05) is 74.9 Å². The second-order valence-electron chi connectivity index (χ2n) is 9.89. The summed E-state index contributed by atoms with van der Waals surface area (Å²) >= 11 is 0. The average molecular weight is 495 g/mol. The highest BCUT2D eigenvalue weighted by molar-refractivity contribution is 6.01. The predicted octanol–water partition coefficient (Wildman–Crippen LogP) is 8.09. The first-order chi connectivity index (χ1) is 17.6. The molecule has 37 heavy (non-hydrogen) atoms. The third-order valence-corrected chi connectivity index (χ3v) is 5.92. The standard InChI is InChI=1S/C31H30N2O4/c1-20-9-16-24(17-10-20)32-30(36)33-26-19-23(21-11-13-22(14-12-21)29(34)35)15-18-28(26)37-27-8-6-5-7-25(27)31(2,3)4/h5-19H,1-4H3,(H,34,35)(H2,32,33,36). The Kier molecular flexibility index (Phi) is 7.30. The molecule has 188 valence electrons. The van der Waals surface area contributed by atoms with Crippen LogP contribution < -0.4 is 15.4 Å². The van der Waals surface area contributed by atoms with Gasteiger partial charge in [-0.2, -0.15) is 0 Å². The maximum absolute atomic E-state index is 12.9. The summed E-state index contributed by atoms with van der Waals surface area (Å²) in [6.45, 7) is 8.34. The summed E-state index contributed by atoms with van der Waals surface area (Å²) < 4.78 is 6.36. The highest BCUT2D eigenvalue weighted by atomic mass is 16.5. The normalized spacial score (nSPS) is 11.0. The van der Waals surface area contributed by atoms with Crippen LogP contribution in [0.4, 0.5) is 16.2 Å². The van der Waals surface area contributed by atoms with Crippen LogP contribution in [0.3, 0.4) is 0 Å². The zero-order chi connectivity index (χ0) is 26.6. The van der Waals surface area contributed by atoms with Gasteiger partial charge in [0, 0.05) is 11.3 Å².